The second kappa shape index (κ2) is 15.7. The van der Waals surface area contributed by atoms with Crippen LogP contribution in [0.1, 0.15) is 40.5 Å². The third-order valence-corrected chi connectivity index (χ3v) is 12.7. The van der Waals surface area contributed by atoms with Crippen molar-refractivity contribution < 1.29 is 14.3 Å². The molecule has 0 spiro atoms. The number of nitrogens with one attached hydrogen (secondary N) is 1. The summed E-state index contributed by atoms with van der Waals surface area (Å²) in [4.78, 5) is 72.9. The molecule has 280 valence electrons. The van der Waals surface area contributed by atoms with Gasteiger partial charge in [0.2, 0.25) is 10.9 Å². The van der Waals surface area contributed by atoms with Crippen LogP contribution in [-0.2, 0) is 4.74 Å². The first-order chi connectivity index (χ1) is 26.8. The van der Waals surface area contributed by atoms with Gasteiger partial charge in [-0.05, 0) is 69.6 Å². The van der Waals surface area contributed by atoms with E-state index in [4.69, 9.17) is 4.74 Å². The number of likely N-dealkylation sites (tertiary alicyclic amines) is 1. The zero-order chi connectivity index (χ0) is 38.2. The van der Waals surface area contributed by atoms with Crippen LogP contribution < -0.4 is 16.2 Å². The van der Waals surface area contributed by atoms with E-state index < -0.39 is 11.4 Å². The average molecular weight is 811 g/mol. The van der Waals surface area contributed by atoms with E-state index in [1.165, 1.54) is 71.4 Å². The van der Waals surface area contributed by atoms with Crippen molar-refractivity contribution >= 4 is 110 Å². The summed E-state index contributed by atoms with van der Waals surface area (Å²) in [7, 11) is 0. The summed E-state index contributed by atoms with van der Waals surface area (Å²) in [6.45, 7) is 5.39. The van der Waals surface area contributed by atoms with Crippen LogP contribution in [0.15, 0.2) is 80.8 Å². The highest BCUT2D eigenvalue weighted by Gasteiger charge is 2.25. The van der Waals surface area contributed by atoms with Crippen LogP contribution in [0.4, 0.5) is 0 Å². The number of fused-ring (bicyclic) bond motifs is 10. The maximum absolute atomic E-state index is 13.3. The number of hydrogen-bond donors (Lipinski definition) is 1. The number of benzene rings is 2. The first-order valence-electron chi connectivity index (χ1n) is 17.5. The van der Waals surface area contributed by atoms with Gasteiger partial charge in [-0.2, -0.15) is 0 Å². The van der Waals surface area contributed by atoms with Crippen LogP contribution in [0.25, 0.3) is 52.2 Å². The minimum atomic E-state index is -0.618. The second-order valence-corrected chi connectivity index (χ2v) is 16.2. The van der Waals surface area contributed by atoms with E-state index >= 15 is 0 Å². The summed E-state index contributed by atoms with van der Waals surface area (Å²) in [5.74, 6) is -0.952. The first kappa shape index (κ1) is 37.0. The highest BCUT2D eigenvalue weighted by Crippen LogP contribution is 2.32. The number of carbonyl (C=O) groups is 2. The Bertz CT molecular complexity index is 2920. The zero-order valence-electron chi connectivity index (χ0n) is 30.0. The van der Waals surface area contributed by atoms with Crippen molar-refractivity contribution in [2.75, 3.05) is 45.3 Å². The Balaban J connectivity index is 0.000000158. The van der Waals surface area contributed by atoms with Gasteiger partial charge in [0.25, 0.3) is 5.91 Å². The van der Waals surface area contributed by atoms with Crippen LogP contribution in [0.2, 0.25) is 0 Å². The van der Waals surface area contributed by atoms with Crippen LogP contribution in [-0.4, -0.2) is 90.8 Å². The molecule has 0 atom stereocenters. The molecule has 1 aliphatic heterocycles. The number of carbonyl (C=O) groups excluding carboxylic acids is 2. The van der Waals surface area contributed by atoms with Crippen molar-refractivity contribution in [2.24, 2.45) is 0 Å². The molecule has 1 fully saturated rings. The summed E-state index contributed by atoms with van der Waals surface area (Å²) in [6.07, 6.45) is 9.21. The molecule has 1 saturated heterocycles. The Hall–Kier alpha value is -4.94. The molecule has 1 amide bonds. The lowest BCUT2D eigenvalue weighted by molar-refractivity contribution is 0.0527. The van der Waals surface area contributed by atoms with Gasteiger partial charge < -0.3 is 15.0 Å². The number of para-hydroxylation sites is 2. The number of esters is 1. The molecule has 0 bridgehead atoms. The molecule has 55 heavy (non-hydrogen) atoms. The Kier molecular flexibility index (Phi) is 10.5. The molecule has 2 aromatic carbocycles. The van der Waals surface area contributed by atoms with E-state index in [0.717, 1.165) is 40.1 Å². The van der Waals surface area contributed by atoms with Crippen LogP contribution in [0.5, 0.6) is 0 Å². The molecular formula is C38H34N8O5S4. The third kappa shape index (κ3) is 6.73. The van der Waals surface area contributed by atoms with Gasteiger partial charge >= 0.3 is 5.97 Å². The van der Waals surface area contributed by atoms with E-state index in [1.807, 2.05) is 69.8 Å². The summed E-state index contributed by atoms with van der Waals surface area (Å²) in [5, 5.41) is 4.79. The summed E-state index contributed by atoms with van der Waals surface area (Å²) in [5.41, 5.74) is 2.37. The number of amides is 1. The topological polar surface area (TPSA) is 153 Å². The molecule has 13 nitrogen and oxygen atoms in total. The van der Waals surface area contributed by atoms with Crippen molar-refractivity contribution in [3.05, 3.63) is 92.5 Å². The van der Waals surface area contributed by atoms with Crippen molar-refractivity contribution in [1.82, 2.24) is 39.0 Å². The number of thioether (sulfide) groups is 2. The van der Waals surface area contributed by atoms with Crippen LogP contribution in [0, 0.1) is 0 Å². The van der Waals surface area contributed by atoms with Gasteiger partial charge in [-0.3, -0.25) is 23.2 Å². The normalized spacial score (nSPS) is 13.3. The van der Waals surface area contributed by atoms with Gasteiger partial charge in [-0.25, -0.2) is 24.7 Å². The molecule has 0 aliphatic carbocycles. The van der Waals surface area contributed by atoms with Crippen molar-refractivity contribution in [3.63, 3.8) is 0 Å². The molecule has 0 radical (unpaired) electrons. The lowest BCUT2D eigenvalue weighted by Gasteiger charge is -2.15. The van der Waals surface area contributed by atoms with Crippen molar-refractivity contribution in [1.29, 1.82) is 0 Å². The summed E-state index contributed by atoms with van der Waals surface area (Å²) >= 11 is 5.64. The molecule has 8 aromatic rings. The standard InChI is InChI=1S/C21H21N5O2S2.C17H13N3O3S2/c1-29-21-23-12-13-17(27)16(19(28)22-8-11-25-9-4-5-10-25)20-26(18(13)24-21)14-6-2-3-7-15(14)30-20;1-3-23-16(22)12-13(21)9-8-18-17(24-2)19-14(9)20-10-6-4-5-7-11(10)25-15(12)20/h2-3,6-7,12H,4-5,8-11H2,1H3,(H,22,28);4-8H,3H2,1-2H3. The Morgan fingerprint density at radius 3 is 1.82 bits per heavy atom. The Morgan fingerprint density at radius 2 is 1.29 bits per heavy atom. The SMILES string of the molecule is CCOC(=O)c1c(=O)c2cnc(SC)nc2n2c1sc1ccccc12.CSc1ncc2c(=O)c(C(=O)NCCN3CCCC3)c3sc4ccccc4n3c2n1. The summed E-state index contributed by atoms with van der Waals surface area (Å²) in [6, 6.07) is 15.6. The van der Waals surface area contributed by atoms with E-state index in [2.05, 4.69) is 30.2 Å². The first-order valence-corrected chi connectivity index (χ1v) is 21.6. The maximum atomic E-state index is 13.3. The minimum absolute atomic E-state index is 0.0380. The molecule has 9 rings (SSSR count). The number of ether oxygens (including phenoxy) is 1. The van der Waals surface area contributed by atoms with E-state index in [9.17, 15) is 19.2 Å². The highest BCUT2D eigenvalue weighted by molar-refractivity contribution is 7.98. The Morgan fingerprint density at radius 1 is 0.782 bits per heavy atom. The largest absolute Gasteiger partial charge is 0.462 e. The van der Waals surface area contributed by atoms with Gasteiger partial charge in [0.15, 0.2) is 21.6 Å². The monoisotopic (exact) mass is 810 g/mol. The van der Waals surface area contributed by atoms with E-state index in [1.54, 1.807) is 6.92 Å². The van der Waals surface area contributed by atoms with Crippen molar-refractivity contribution in [2.45, 2.75) is 30.1 Å². The van der Waals surface area contributed by atoms with Gasteiger partial charge in [-0.1, -0.05) is 47.8 Å². The number of pyridine rings is 2. The number of aromatic nitrogens is 6. The molecule has 0 unspecified atom stereocenters. The zero-order valence-corrected chi connectivity index (χ0v) is 33.3. The van der Waals surface area contributed by atoms with Crippen LogP contribution in [0.3, 0.4) is 0 Å². The van der Waals surface area contributed by atoms with E-state index in [-0.39, 0.29) is 29.1 Å². The Labute approximate surface area is 329 Å². The fraction of sp³-hybridized carbons (Fsp3) is 0.263. The highest BCUT2D eigenvalue weighted by atomic mass is 32.2. The number of rotatable bonds is 8. The fourth-order valence-electron chi connectivity index (χ4n) is 6.76. The lowest BCUT2D eigenvalue weighted by Crippen LogP contribution is -2.35. The molecule has 7 heterocycles. The number of nitrogens with zero attached hydrogens (tertiary/aromatic N) is 7. The van der Waals surface area contributed by atoms with Crippen LogP contribution >= 0.6 is 46.2 Å². The smallest absolute Gasteiger partial charge is 0.345 e. The molecule has 1 aliphatic rings. The van der Waals surface area contributed by atoms with Gasteiger partial charge in [0, 0.05) is 25.5 Å². The second-order valence-electron chi connectivity index (χ2n) is 12.5. The maximum Gasteiger partial charge on any atom is 0.345 e. The van der Waals surface area contributed by atoms with Gasteiger partial charge in [-0.15, -0.1) is 22.7 Å². The predicted molar refractivity (Wildman–Crippen MR) is 222 cm³/mol. The molecule has 0 saturated carbocycles. The van der Waals surface area contributed by atoms with Crippen molar-refractivity contribution in [3.8, 4) is 0 Å². The average Bonchev–Trinajstić information content (AvgIpc) is 3.96. The van der Waals surface area contributed by atoms with Gasteiger partial charge in [0.05, 0.1) is 37.8 Å². The van der Waals surface area contributed by atoms with Gasteiger partial charge in [0.1, 0.15) is 20.8 Å². The molecular weight excluding hydrogens is 777 g/mol. The van der Waals surface area contributed by atoms with E-state index in [0.29, 0.717) is 48.6 Å². The fourth-order valence-corrected chi connectivity index (χ4v) is 9.79. The molecule has 6 aromatic heterocycles. The lowest BCUT2D eigenvalue weighted by atomic mass is 10.2. The molecule has 17 heteroatoms. The molecule has 1 N–H and O–H groups in total. The third-order valence-electron chi connectivity index (χ3n) is 9.30. The number of thiazole rings is 2. The predicted octanol–water partition coefficient (Wildman–Crippen LogP) is 6.36. The summed E-state index contributed by atoms with van der Waals surface area (Å²) < 4.78 is 10.9. The minimum Gasteiger partial charge on any atom is -0.462 e. The quantitative estimate of drug-likeness (QED) is 0.103. The number of hydrogen-bond acceptors (Lipinski definition) is 14.